The van der Waals surface area contributed by atoms with Gasteiger partial charge in [-0.25, -0.2) is 4.98 Å². The first-order valence-corrected chi connectivity index (χ1v) is 6.64. The molecule has 110 valence electrons. The maximum absolute atomic E-state index is 12.2. The number of rotatable bonds is 3. The molecular formula is C16H13N3O3. The minimum atomic E-state index is -0.242. The Morgan fingerprint density at radius 1 is 1.00 bits per heavy atom. The topological polar surface area (TPSA) is 84.2 Å². The molecule has 0 unspecified atom stereocenters. The number of oxazole rings is 1. The molecule has 6 heteroatoms. The Labute approximate surface area is 126 Å². The van der Waals surface area contributed by atoms with E-state index >= 15 is 0 Å². The summed E-state index contributed by atoms with van der Waals surface area (Å²) in [7, 11) is 0. The molecule has 0 aliphatic rings. The molecule has 0 atom stereocenters. The predicted octanol–water partition coefficient (Wildman–Crippen LogP) is 3.04. The molecule has 0 saturated heterocycles. The molecule has 2 amide bonds. The van der Waals surface area contributed by atoms with Crippen LogP contribution in [0.15, 0.2) is 53.3 Å². The van der Waals surface area contributed by atoms with Crippen LogP contribution >= 0.6 is 0 Å². The summed E-state index contributed by atoms with van der Waals surface area (Å²) in [6.07, 6.45) is 1.36. The van der Waals surface area contributed by atoms with E-state index in [4.69, 9.17) is 4.42 Å². The van der Waals surface area contributed by atoms with Gasteiger partial charge in [0.05, 0.1) is 0 Å². The monoisotopic (exact) mass is 295 g/mol. The number of aromatic nitrogens is 1. The Hall–Kier alpha value is -3.15. The molecule has 6 nitrogen and oxygen atoms in total. The van der Waals surface area contributed by atoms with Gasteiger partial charge in [-0.05, 0) is 36.4 Å². The second kappa shape index (κ2) is 5.69. The first-order chi connectivity index (χ1) is 10.6. The van der Waals surface area contributed by atoms with E-state index in [0.29, 0.717) is 22.5 Å². The van der Waals surface area contributed by atoms with Gasteiger partial charge in [-0.15, -0.1) is 0 Å². The lowest BCUT2D eigenvalue weighted by Crippen LogP contribution is -2.12. The van der Waals surface area contributed by atoms with Gasteiger partial charge in [-0.2, -0.15) is 0 Å². The molecule has 1 aromatic heterocycles. The smallest absolute Gasteiger partial charge is 0.255 e. The van der Waals surface area contributed by atoms with E-state index in [9.17, 15) is 9.59 Å². The number of hydrogen-bond acceptors (Lipinski definition) is 4. The average molecular weight is 295 g/mol. The van der Waals surface area contributed by atoms with Crippen molar-refractivity contribution in [3.63, 3.8) is 0 Å². The van der Waals surface area contributed by atoms with Crippen LogP contribution in [0.2, 0.25) is 0 Å². The number of anilines is 2. The number of hydrogen-bond donors (Lipinski definition) is 2. The van der Waals surface area contributed by atoms with E-state index in [2.05, 4.69) is 15.6 Å². The molecule has 0 fully saturated rings. The quantitative estimate of drug-likeness (QED) is 0.777. The SMILES string of the molecule is CC(=O)Nc1ccc(C(=O)Nc2ccc3ncoc3c2)cc1. The maximum atomic E-state index is 12.2. The number of nitrogens with zero attached hydrogens (tertiary/aromatic N) is 1. The fraction of sp³-hybridized carbons (Fsp3) is 0.0625. The van der Waals surface area contributed by atoms with Gasteiger partial charge in [0.1, 0.15) is 5.52 Å². The predicted molar refractivity (Wildman–Crippen MR) is 82.7 cm³/mol. The highest BCUT2D eigenvalue weighted by Gasteiger charge is 2.08. The highest BCUT2D eigenvalue weighted by atomic mass is 16.3. The van der Waals surface area contributed by atoms with Crippen LogP contribution in [0.3, 0.4) is 0 Å². The van der Waals surface area contributed by atoms with Crippen molar-refractivity contribution < 1.29 is 14.0 Å². The zero-order chi connectivity index (χ0) is 15.5. The summed E-state index contributed by atoms with van der Waals surface area (Å²) in [6, 6.07) is 11.9. The van der Waals surface area contributed by atoms with Gasteiger partial charge < -0.3 is 15.1 Å². The molecule has 3 rings (SSSR count). The third-order valence-electron chi connectivity index (χ3n) is 3.06. The van der Waals surface area contributed by atoms with E-state index < -0.39 is 0 Å². The molecule has 3 aromatic rings. The van der Waals surface area contributed by atoms with Gasteiger partial charge in [-0.3, -0.25) is 9.59 Å². The van der Waals surface area contributed by atoms with Crippen molar-refractivity contribution in [1.29, 1.82) is 0 Å². The third kappa shape index (κ3) is 2.95. The summed E-state index contributed by atoms with van der Waals surface area (Å²) in [5.74, 6) is -0.397. The van der Waals surface area contributed by atoms with Crippen LogP contribution in [0.25, 0.3) is 11.1 Å². The molecule has 0 aliphatic carbocycles. The first kappa shape index (κ1) is 13.8. The average Bonchev–Trinajstić information content (AvgIpc) is 2.95. The van der Waals surface area contributed by atoms with E-state index in [1.807, 2.05) is 0 Å². The van der Waals surface area contributed by atoms with Crippen molar-refractivity contribution in [1.82, 2.24) is 4.98 Å². The van der Waals surface area contributed by atoms with Gasteiger partial charge >= 0.3 is 0 Å². The van der Waals surface area contributed by atoms with Crippen molar-refractivity contribution in [2.24, 2.45) is 0 Å². The van der Waals surface area contributed by atoms with Crippen molar-refractivity contribution in [2.75, 3.05) is 10.6 Å². The standard InChI is InChI=1S/C16H13N3O3/c1-10(20)18-12-4-2-11(3-5-12)16(21)19-13-6-7-14-15(8-13)22-9-17-14/h2-9H,1H3,(H,18,20)(H,19,21). The zero-order valence-corrected chi connectivity index (χ0v) is 11.8. The summed E-state index contributed by atoms with van der Waals surface area (Å²) >= 11 is 0. The van der Waals surface area contributed by atoms with Crippen molar-refractivity contribution in [2.45, 2.75) is 6.92 Å². The first-order valence-electron chi connectivity index (χ1n) is 6.64. The van der Waals surface area contributed by atoms with Crippen LogP contribution < -0.4 is 10.6 Å². The van der Waals surface area contributed by atoms with E-state index in [1.54, 1.807) is 42.5 Å². The van der Waals surface area contributed by atoms with Crippen LogP contribution in [-0.2, 0) is 4.79 Å². The Bertz CT molecular complexity index is 837. The fourth-order valence-corrected chi connectivity index (χ4v) is 2.04. The van der Waals surface area contributed by atoms with Crippen LogP contribution in [0, 0.1) is 0 Å². The van der Waals surface area contributed by atoms with Crippen LogP contribution in [-0.4, -0.2) is 16.8 Å². The second-order valence-corrected chi connectivity index (χ2v) is 4.75. The van der Waals surface area contributed by atoms with E-state index in [1.165, 1.54) is 13.3 Å². The summed E-state index contributed by atoms with van der Waals surface area (Å²) in [6.45, 7) is 1.43. The molecule has 22 heavy (non-hydrogen) atoms. The lowest BCUT2D eigenvalue weighted by molar-refractivity contribution is -0.114. The Morgan fingerprint density at radius 3 is 2.45 bits per heavy atom. The lowest BCUT2D eigenvalue weighted by Gasteiger charge is -2.06. The number of benzene rings is 2. The highest BCUT2D eigenvalue weighted by molar-refractivity contribution is 6.05. The van der Waals surface area contributed by atoms with Crippen molar-refractivity contribution >= 4 is 34.3 Å². The van der Waals surface area contributed by atoms with Gasteiger partial charge in [0.2, 0.25) is 5.91 Å². The molecular weight excluding hydrogens is 282 g/mol. The Kier molecular flexibility index (Phi) is 3.57. The lowest BCUT2D eigenvalue weighted by atomic mass is 10.2. The van der Waals surface area contributed by atoms with Gasteiger partial charge in [-0.1, -0.05) is 0 Å². The van der Waals surface area contributed by atoms with Gasteiger partial charge in [0.15, 0.2) is 12.0 Å². The van der Waals surface area contributed by atoms with Gasteiger partial charge in [0.25, 0.3) is 5.91 Å². The summed E-state index contributed by atoms with van der Waals surface area (Å²) in [5, 5.41) is 5.43. The van der Waals surface area contributed by atoms with Crippen LogP contribution in [0.5, 0.6) is 0 Å². The molecule has 1 heterocycles. The van der Waals surface area contributed by atoms with Crippen LogP contribution in [0.4, 0.5) is 11.4 Å². The molecule has 2 N–H and O–H groups in total. The highest BCUT2D eigenvalue weighted by Crippen LogP contribution is 2.19. The number of nitrogens with one attached hydrogen (secondary N) is 2. The van der Waals surface area contributed by atoms with Crippen molar-refractivity contribution in [3.8, 4) is 0 Å². The van der Waals surface area contributed by atoms with Crippen LogP contribution in [0.1, 0.15) is 17.3 Å². The molecule has 0 saturated carbocycles. The largest absolute Gasteiger partial charge is 0.443 e. The molecule has 0 radical (unpaired) electrons. The molecule has 0 spiro atoms. The van der Waals surface area contributed by atoms with Gasteiger partial charge in [0, 0.05) is 29.9 Å². The number of amides is 2. The number of carbonyl (C=O) groups is 2. The maximum Gasteiger partial charge on any atom is 0.255 e. The second-order valence-electron chi connectivity index (χ2n) is 4.75. The number of fused-ring (bicyclic) bond motifs is 1. The molecule has 0 aliphatic heterocycles. The van der Waals surface area contributed by atoms with E-state index in [0.717, 1.165) is 5.52 Å². The molecule has 2 aromatic carbocycles. The fourth-order valence-electron chi connectivity index (χ4n) is 2.04. The minimum absolute atomic E-state index is 0.155. The number of carbonyl (C=O) groups excluding carboxylic acids is 2. The zero-order valence-electron chi connectivity index (χ0n) is 11.8. The normalized spacial score (nSPS) is 10.4. The van der Waals surface area contributed by atoms with E-state index in [-0.39, 0.29) is 11.8 Å². The summed E-state index contributed by atoms with van der Waals surface area (Å²) in [5.41, 5.74) is 3.11. The molecule has 0 bridgehead atoms. The summed E-state index contributed by atoms with van der Waals surface area (Å²) in [4.78, 5) is 27.1. The minimum Gasteiger partial charge on any atom is -0.443 e. The summed E-state index contributed by atoms with van der Waals surface area (Å²) < 4.78 is 5.20. The Balaban J connectivity index is 1.74. The Morgan fingerprint density at radius 2 is 1.73 bits per heavy atom. The van der Waals surface area contributed by atoms with Crippen molar-refractivity contribution in [3.05, 3.63) is 54.4 Å². The third-order valence-corrected chi connectivity index (χ3v) is 3.06.